The molecule has 0 saturated carbocycles. The maximum atomic E-state index is 12.4. The van der Waals surface area contributed by atoms with Gasteiger partial charge in [0.1, 0.15) is 11.6 Å². The third-order valence-corrected chi connectivity index (χ3v) is 5.00. The Bertz CT molecular complexity index is 1070. The lowest BCUT2D eigenvalue weighted by atomic mass is 10.1. The van der Waals surface area contributed by atoms with Crippen molar-refractivity contribution in [2.24, 2.45) is 0 Å². The first-order valence-corrected chi connectivity index (χ1v) is 10.1. The number of benzene rings is 2. The van der Waals surface area contributed by atoms with E-state index >= 15 is 0 Å². The maximum Gasteiger partial charge on any atom is 0.255 e. The van der Waals surface area contributed by atoms with Crippen molar-refractivity contribution in [2.75, 3.05) is 27.9 Å². The summed E-state index contributed by atoms with van der Waals surface area (Å²) in [4.78, 5) is 32.7. The van der Waals surface area contributed by atoms with Crippen molar-refractivity contribution >= 4 is 46.6 Å². The van der Waals surface area contributed by atoms with Gasteiger partial charge in [0.2, 0.25) is 5.91 Å². The zero-order chi connectivity index (χ0) is 21.7. The number of anilines is 4. The van der Waals surface area contributed by atoms with E-state index in [9.17, 15) is 9.59 Å². The summed E-state index contributed by atoms with van der Waals surface area (Å²) in [5, 5.41) is 6.04. The van der Waals surface area contributed by atoms with Crippen LogP contribution >= 0.6 is 11.8 Å². The molecule has 0 fully saturated rings. The molecule has 1 heterocycles. The number of aryl methyl sites for hydroxylation is 2. The molecule has 0 saturated heterocycles. The largest absolute Gasteiger partial charge is 0.383 e. The van der Waals surface area contributed by atoms with E-state index in [1.165, 1.54) is 6.07 Å². The molecule has 3 aromatic rings. The Labute approximate surface area is 178 Å². The molecule has 2 amide bonds. The SMILES string of the molecule is Cc1ccc(C(=O)Nc2ccc(NC(=O)CSc3nc(N)cc(N)n3)cc2C)cc1. The highest BCUT2D eigenvalue weighted by Crippen LogP contribution is 2.22. The summed E-state index contributed by atoms with van der Waals surface area (Å²) in [6.07, 6.45) is 0. The number of hydrogen-bond acceptors (Lipinski definition) is 7. The number of nitrogens with two attached hydrogens (primary N) is 2. The Kier molecular flexibility index (Phi) is 6.53. The molecule has 9 heteroatoms. The third-order valence-electron chi connectivity index (χ3n) is 4.15. The van der Waals surface area contributed by atoms with Crippen LogP contribution in [0.2, 0.25) is 0 Å². The highest BCUT2D eigenvalue weighted by molar-refractivity contribution is 7.99. The number of carbonyl (C=O) groups excluding carboxylic acids is 2. The zero-order valence-corrected chi connectivity index (χ0v) is 17.4. The molecule has 3 rings (SSSR count). The Hall–Kier alpha value is -3.59. The highest BCUT2D eigenvalue weighted by atomic mass is 32.2. The summed E-state index contributed by atoms with van der Waals surface area (Å²) in [5.41, 5.74) is 15.0. The van der Waals surface area contributed by atoms with Crippen LogP contribution in [0.3, 0.4) is 0 Å². The average molecular weight is 423 g/mol. The van der Waals surface area contributed by atoms with Gasteiger partial charge < -0.3 is 22.1 Å². The second-order valence-electron chi connectivity index (χ2n) is 6.69. The van der Waals surface area contributed by atoms with Gasteiger partial charge in [0, 0.05) is 23.0 Å². The van der Waals surface area contributed by atoms with Crippen LogP contribution in [-0.2, 0) is 4.79 Å². The van der Waals surface area contributed by atoms with Gasteiger partial charge in [-0.05, 0) is 49.7 Å². The number of rotatable bonds is 6. The van der Waals surface area contributed by atoms with E-state index in [0.717, 1.165) is 22.9 Å². The van der Waals surface area contributed by atoms with Gasteiger partial charge in [-0.1, -0.05) is 29.5 Å². The molecule has 6 N–H and O–H groups in total. The molecular formula is C21H22N6O2S. The van der Waals surface area contributed by atoms with Crippen LogP contribution in [0.5, 0.6) is 0 Å². The van der Waals surface area contributed by atoms with Gasteiger partial charge in [-0.3, -0.25) is 9.59 Å². The summed E-state index contributed by atoms with van der Waals surface area (Å²) in [5.74, 6) is 0.204. The quantitative estimate of drug-likeness (QED) is 0.354. The second-order valence-corrected chi connectivity index (χ2v) is 7.63. The lowest BCUT2D eigenvalue weighted by molar-refractivity contribution is -0.113. The average Bonchev–Trinajstić information content (AvgIpc) is 2.68. The van der Waals surface area contributed by atoms with Crippen molar-refractivity contribution in [1.82, 2.24) is 9.97 Å². The fourth-order valence-electron chi connectivity index (χ4n) is 2.63. The van der Waals surface area contributed by atoms with Crippen LogP contribution in [0.1, 0.15) is 21.5 Å². The normalized spacial score (nSPS) is 10.5. The van der Waals surface area contributed by atoms with Gasteiger partial charge in [0.15, 0.2) is 5.16 Å². The molecule has 30 heavy (non-hydrogen) atoms. The minimum absolute atomic E-state index is 0.105. The predicted molar refractivity (Wildman–Crippen MR) is 121 cm³/mol. The molecular weight excluding hydrogens is 400 g/mol. The van der Waals surface area contributed by atoms with E-state index in [4.69, 9.17) is 11.5 Å². The van der Waals surface area contributed by atoms with Gasteiger partial charge in [0.05, 0.1) is 5.75 Å². The number of nitrogens with one attached hydrogen (secondary N) is 2. The van der Waals surface area contributed by atoms with Crippen LogP contribution in [0.4, 0.5) is 23.0 Å². The van der Waals surface area contributed by atoms with Crippen molar-refractivity contribution < 1.29 is 9.59 Å². The van der Waals surface area contributed by atoms with E-state index in [1.807, 2.05) is 26.0 Å². The summed E-state index contributed by atoms with van der Waals surface area (Å²) in [6.45, 7) is 3.83. The first-order valence-electron chi connectivity index (χ1n) is 9.11. The number of nitrogens with zero attached hydrogens (tertiary/aromatic N) is 2. The number of amides is 2. The monoisotopic (exact) mass is 422 g/mol. The molecule has 2 aromatic carbocycles. The Morgan fingerprint density at radius 3 is 2.23 bits per heavy atom. The van der Waals surface area contributed by atoms with Crippen LogP contribution in [-0.4, -0.2) is 27.5 Å². The summed E-state index contributed by atoms with van der Waals surface area (Å²) >= 11 is 1.14. The fourth-order valence-corrected chi connectivity index (χ4v) is 3.31. The van der Waals surface area contributed by atoms with Crippen molar-refractivity contribution in [1.29, 1.82) is 0 Å². The molecule has 8 nitrogen and oxygen atoms in total. The zero-order valence-electron chi connectivity index (χ0n) is 16.6. The van der Waals surface area contributed by atoms with E-state index in [1.54, 1.807) is 30.3 Å². The van der Waals surface area contributed by atoms with Crippen LogP contribution in [0.15, 0.2) is 53.7 Å². The summed E-state index contributed by atoms with van der Waals surface area (Å²) in [7, 11) is 0. The highest BCUT2D eigenvalue weighted by Gasteiger charge is 2.10. The Morgan fingerprint density at radius 2 is 1.60 bits per heavy atom. The lowest BCUT2D eigenvalue weighted by Gasteiger charge is -2.11. The molecule has 0 radical (unpaired) electrons. The van der Waals surface area contributed by atoms with Gasteiger partial charge in [-0.2, -0.15) is 0 Å². The van der Waals surface area contributed by atoms with Crippen molar-refractivity contribution in [3.8, 4) is 0 Å². The van der Waals surface area contributed by atoms with Crippen LogP contribution in [0.25, 0.3) is 0 Å². The van der Waals surface area contributed by atoms with E-state index in [2.05, 4.69) is 20.6 Å². The van der Waals surface area contributed by atoms with E-state index in [-0.39, 0.29) is 29.2 Å². The summed E-state index contributed by atoms with van der Waals surface area (Å²) < 4.78 is 0. The topological polar surface area (TPSA) is 136 Å². The summed E-state index contributed by atoms with van der Waals surface area (Å²) in [6, 6.07) is 14.1. The first-order chi connectivity index (χ1) is 14.3. The molecule has 0 atom stereocenters. The number of aromatic nitrogens is 2. The van der Waals surface area contributed by atoms with Crippen molar-refractivity contribution in [2.45, 2.75) is 19.0 Å². The fraction of sp³-hybridized carbons (Fsp3) is 0.143. The number of nitrogen functional groups attached to an aromatic ring is 2. The van der Waals surface area contributed by atoms with Gasteiger partial charge in [0.25, 0.3) is 5.91 Å². The third kappa shape index (κ3) is 5.71. The molecule has 0 bridgehead atoms. The Morgan fingerprint density at radius 1 is 0.933 bits per heavy atom. The first kappa shape index (κ1) is 21.1. The van der Waals surface area contributed by atoms with Gasteiger partial charge in [-0.25, -0.2) is 9.97 Å². The van der Waals surface area contributed by atoms with E-state index in [0.29, 0.717) is 22.1 Å². The minimum Gasteiger partial charge on any atom is -0.383 e. The number of hydrogen-bond donors (Lipinski definition) is 4. The van der Waals surface area contributed by atoms with Crippen molar-refractivity contribution in [3.05, 3.63) is 65.2 Å². The molecule has 0 aliphatic heterocycles. The molecule has 0 unspecified atom stereocenters. The minimum atomic E-state index is -0.222. The second kappa shape index (κ2) is 9.27. The lowest BCUT2D eigenvalue weighted by Crippen LogP contribution is -2.15. The van der Waals surface area contributed by atoms with Crippen LogP contribution in [0, 0.1) is 13.8 Å². The molecule has 1 aromatic heterocycles. The van der Waals surface area contributed by atoms with Gasteiger partial charge in [-0.15, -0.1) is 0 Å². The molecule has 0 aliphatic carbocycles. The molecule has 154 valence electrons. The van der Waals surface area contributed by atoms with Crippen molar-refractivity contribution in [3.63, 3.8) is 0 Å². The molecule has 0 aliphatic rings. The van der Waals surface area contributed by atoms with Crippen LogP contribution < -0.4 is 22.1 Å². The number of carbonyl (C=O) groups is 2. The standard InChI is InChI=1S/C21H22N6O2S/c1-12-3-5-14(6-4-12)20(29)25-16-8-7-15(9-13(16)2)24-19(28)11-30-21-26-17(22)10-18(23)27-21/h3-10H,11H2,1-2H3,(H,24,28)(H,25,29)(H4,22,23,26,27). The molecule has 0 spiro atoms. The van der Waals surface area contributed by atoms with E-state index < -0.39 is 0 Å². The number of thioether (sulfide) groups is 1. The predicted octanol–water partition coefficient (Wildman–Crippen LogP) is 3.24. The smallest absolute Gasteiger partial charge is 0.255 e. The van der Waals surface area contributed by atoms with Gasteiger partial charge >= 0.3 is 0 Å². The maximum absolute atomic E-state index is 12.4. The Balaban J connectivity index is 1.58.